The van der Waals surface area contributed by atoms with Crippen LogP contribution in [0.3, 0.4) is 0 Å². The highest BCUT2D eigenvalue weighted by atomic mass is 35.5. The highest BCUT2D eigenvalue weighted by Gasteiger charge is 2.12. The molecular weight excluding hydrogens is 258 g/mol. The smallest absolute Gasteiger partial charge is 0.344 e. The van der Waals surface area contributed by atoms with Crippen LogP contribution in [-0.2, 0) is 9.53 Å². The summed E-state index contributed by atoms with van der Waals surface area (Å²) in [5.41, 5.74) is 0. The molecule has 1 rings (SSSR count). The minimum atomic E-state index is -0.571. The molecule has 88 valence electrons. The van der Waals surface area contributed by atoms with E-state index in [1.165, 1.54) is 0 Å². The van der Waals surface area contributed by atoms with Gasteiger partial charge in [-0.3, -0.25) is 0 Å². The van der Waals surface area contributed by atoms with Crippen LogP contribution >= 0.6 is 23.2 Å². The van der Waals surface area contributed by atoms with E-state index in [1.807, 2.05) is 0 Å². The minimum Gasteiger partial charge on any atom is -0.479 e. The number of esters is 1. The van der Waals surface area contributed by atoms with Gasteiger partial charge in [0.25, 0.3) is 0 Å². The standard InChI is InChI=1S/C10H9Cl2FO3/c1-2-15-9(14)5-16-10-7(11)3-6(13)4-8(10)12/h3-4H,2,5H2,1H3. The number of ether oxygens (including phenoxy) is 2. The van der Waals surface area contributed by atoms with E-state index < -0.39 is 11.8 Å². The van der Waals surface area contributed by atoms with Gasteiger partial charge in [0, 0.05) is 0 Å². The van der Waals surface area contributed by atoms with Crippen molar-refractivity contribution in [1.29, 1.82) is 0 Å². The third kappa shape index (κ3) is 3.54. The number of rotatable bonds is 4. The van der Waals surface area contributed by atoms with Crippen LogP contribution < -0.4 is 4.74 Å². The second-order valence-corrected chi connectivity index (χ2v) is 3.61. The summed E-state index contributed by atoms with van der Waals surface area (Å²) < 4.78 is 22.5. The summed E-state index contributed by atoms with van der Waals surface area (Å²) in [6.45, 7) is 1.61. The lowest BCUT2D eigenvalue weighted by Crippen LogP contribution is -2.14. The molecule has 0 saturated heterocycles. The van der Waals surface area contributed by atoms with Crippen molar-refractivity contribution >= 4 is 29.2 Å². The van der Waals surface area contributed by atoms with E-state index in [0.29, 0.717) is 0 Å². The topological polar surface area (TPSA) is 35.5 Å². The second kappa shape index (κ2) is 5.92. The number of halogens is 3. The molecule has 0 heterocycles. The van der Waals surface area contributed by atoms with Crippen LogP contribution in [0.5, 0.6) is 5.75 Å². The molecule has 1 aromatic rings. The number of carbonyl (C=O) groups excluding carboxylic acids is 1. The maximum absolute atomic E-state index is 12.8. The van der Waals surface area contributed by atoms with Crippen LogP contribution in [0.4, 0.5) is 4.39 Å². The van der Waals surface area contributed by atoms with Gasteiger partial charge in [0.05, 0.1) is 16.7 Å². The molecule has 0 spiro atoms. The molecule has 0 aromatic heterocycles. The molecule has 0 N–H and O–H groups in total. The number of hydrogen-bond donors (Lipinski definition) is 0. The molecule has 0 fully saturated rings. The lowest BCUT2D eigenvalue weighted by molar-refractivity contribution is -0.145. The Bertz CT molecular complexity index is 373. The van der Waals surface area contributed by atoms with Crippen LogP contribution in [0, 0.1) is 5.82 Å². The molecule has 0 aliphatic rings. The summed E-state index contributed by atoms with van der Waals surface area (Å²) in [7, 11) is 0. The summed E-state index contributed by atoms with van der Waals surface area (Å²) >= 11 is 11.4. The summed E-state index contributed by atoms with van der Waals surface area (Å²) in [5, 5.41) is 0.0172. The molecule has 0 aliphatic carbocycles. The summed E-state index contributed by atoms with van der Waals surface area (Å²) in [6.07, 6.45) is 0. The fourth-order valence-corrected chi connectivity index (χ4v) is 1.57. The van der Waals surface area contributed by atoms with Crippen LogP contribution in [0.15, 0.2) is 12.1 Å². The highest BCUT2D eigenvalue weighted by Crippen LogP contribution is 2.33. The molecule has 0 atom stereocenters. The first kappa shape index (κ1) is 13.1. The summed E-state index contributed by atoms with van der Waals surface area (Å²) in [6, 6.07) is 2.10. The number of carbonyl (C=O) groups is 1. The normalized spacial score (nSPS) is 10.0. The lowest BCUT2D eigenvalue weighted by atomic mass is 10.3. The van der Waals surface area contributed by atoms with Crippen molar-refractivity contribution in [2.45, 2.75) is 6.92 Å². The molecule has 16 heavy (non-hydrogen) atoms. The molecule has 0 aliphatic heterocycles. The SMILES string of the molecule is CCOC(=O)COc1c(Cl)cc(F)cc1Cl. The van der Waals surface area contributed by atoms with Gasteiger partial charge in [0.15, 0.2) is 12.4 Å². The van der Waals surface area contributed by atoms with Gasteiger partial charge in [-0.1, -0.05) is 23.2 Å². The van der Waals surface area contributed by atoms with Crippen molar-refractivity contribution in [2.24, 2.45) is 0 Å². The zero-order valence-electron chi connectivity index (χ0n) is 8.43. The third-order valence-electron chi connectivity index (χ3n) is 1.60. The molecule has 3 nitrogen and oxygen atoms in total. The molecule has 1 aromatic carbocycles. The first-order chi connectivity index (χ1) is 7.54. The zero-order chi connectivity index (χ0) is 12.1. The van der Waals surface area contributed by atoms with Crippen LogP contribution in [0.1, 0.15) is 6.92 Å². The Morgan fingerprint density at radius 2 is 1.94 bits per heavy atom. The Kier molecular flexibility index (Phi) is 4.83. The van der Waals surface area contributed by atoms with Crippen LogP contribution in [0.25, 0.3) is 0 Å². The van der Waals surface area contributed by atoms with E-state index in [4.69, 9.17) is 27.9 Å². The maximum atomic E-state index is 12.8. The van der Waals surface area contributed by atoms with Crippen molar-refractivity contribution < 1.29 is 18.7 Å². The molecule has 0 amide bonds. The fraction of sp³-hybridized carbons (Fsp3) is 0.300. The van der Waals surface area contributed by atoms with Crippen LogP contribution in [-0.4, -0.2) is 19.2 Å². The van der Waals surface area contributed by atoms with Crippen molar-refractivity contribution in [3.8, 4) is 5.75 Å². The van der Waals surface area contributed by atoms with Gasteiger partial charge in [-0.25, -0.2) is 9.18 Å². The van der Waals surface area contributed by atoms with E-state index in [-0.39, 0.29) is 29.0 Å². The van der Waals surface area contributed by atoms with Gasteiger partial charge >= 0.3 is 5.97 Å². The molecule has 0 radical (unpaired) electrons. The van der Waals surface area contributed by atoms with Gasteiger partial charge in [0.2, 0.25) is 0 Å². The van der Waals surface area contributed by atoms with Crippen LogP contribution in [0.2, 0.25) is 10.0 Å². The van der Waals surface area contributed by atoms with Gasteiger partial charge in [-0.05, 0) is 19.1 Å². The third-order valence-corrected chi connectivity index (χ3v) is 2.16. The predicted molar refractivity (Wildman–Crippen MR) is 58.5 cm³/mol. The van der Waals surface area contributed by atoms with Crippen molar-refractivity contribution in [1.82, 2.24) is 0 Å². The van der Waals surface area contributed by atoms with Gasteiger partial charge in [0.1, 0.15) is 5.82 Å². The summed E-state index contributed by atoms with van der Waals surface area (Å²) in [5.74, 6) is -1.05. The molecular formula is C10H9Cl2FO3. The average molecular weight is 267 g/mol. The molecule has 0 saturated carbocycles. The monoisotopic (exact) mass is 266 g/mol. The quantitative estimate of drug-likeness (QED) is 0.786. The fourth-order valence-electron chi connectivity index (χ4n) is 1.00. The van der Waals surface area contributed by atoms with Crippen molar-refractivity contribution in [3.05, 3.63) is 28.0 Å². The van der Waals surface area contributed by atoms with Gasteiger partial charge in [-0.15, -0.1) is 0 Å². The zero-order valence-corrected chi connectivity index (χ0v) is 9.94. The Balaban J connectivity index is 2.70. The predicted octanol–water partition coefficient (Wildman–Crippen LogP) is 3.07. The lowest BCUT2D eigenvalue weighted by Gasteiger charge is -2.09. The Labute approximate surface area is 102 Å². The van der Waals surface area contributed by atoms with E-state index in [0.717, 1.165) is 12.1 Å². The average Bonchev–Trinajstić information content (AvgIpc) is 2.16. The van der Waals surface area contributed by atoms with E-state index >= 15 is 0 Å². The minimum absolute atomic E-state index is 0.00861. The number of hydrogen-bond acceptors (Lipinski definition) is 3. The molecule has 0 bridgehead atoms. The molecule has 0 unspecified atom stereocenters. The first-order valence-electron chi connectivity index (χ1n) is 4.47. The largest absolute Gasteiger partial charge is 0.479 e. The van der Waals surface area contributed by atoms with Gasteiger partial charge < -0.3 is 9.47 Å². The maximum Gasteiger partial charge on any atom is 0.344 e. The van der Waals surface area contributed by atoms with E-state index in [2.05, 4.69) is 4.74 Å². The van der Waals surface area contributed by atoms with Crippen molar-refractivity contribution in [2.75, 3.05) is 13.2 Å². The Morgan fingerprint density at radius 3 is 2.44 bits per heavy atom. The Hall–Kier alpha value is -1.00. The number of benzene rings is 1. The van der Waals surface area contributed by atoms with E-state index in [9.17, 15) is 9.18 Å². The second-order valence-electron chi connectivity index (χ2n) is 2.79. The summed E-state index contributed by atoms with van der Waals surface area (Å²) in [4.78, 5) is 11.0. The highest BCUT2D eigenvalue weighted by molar-refractivity contribution is 6.37. The van der Waals surface area contributed by atoms with Gasteiger partial charge in [-0.2, -0.15) is 0 Å². The van der Waals surface area contributed by atoms with Crippen molar-refractivity contribution in [3.63, 3.8) is 0 Å². The Morgan fingerprint density at radius 1 is 1.38 bits per heavy atom. The van der Waals surface area contributed by atoms with E-state index in [1.54, 1.807) is 6.92 Å². The first-order valence-corrected chi connectivity index (χ1v) is 5.23. The molecule has 6 heteroatoms.